The predicted molar refractivity (Wildman–Crippen MR) is 64.2 cm³/mol. The van der Waals surface area contributed by atoms with Gasteiger partial charge in [0.05, 0.1) is 15.6 Å². The second-order valence-corrected chi connectivity index (χ2v) is 4.06. The van der Waals surface area contributed by atoms with Crippen LogP contribution < -0.4 is 4.52 Å². The van der Waals surface area contributed by atoms with Crippen molar-refractivity contribution in [3.05, 3.63) is 41.5 Å². The van der Waals surface area contributed by atoms with Gasteiger partial charge in [0.2, 0.25) is 0 Å². The molecular formula is C12H13O3P. The molecule has 2 atom stereocenters. The maximum atomic E-state index is 11.5. The number of aliphatic hydroxyl groups excluding tert-OH is 1. The minimum atomic E-state index is -0.608. The Morgan fingerprint density at radius 2 is 2.31 bits per heavy atom. The third-order valence-corrected chi connectivity index (χ3v) is 2.85. The van der Waals surface area contributed by atoms with Gasteiger partial charge in [0, 0.05) is 12.8 Å². The van der Waals surface area contributed by atoms with Crippen molar-refractivity contribution in [3.63, 3.8) is 0 Å². The number of aliphatic hydroxyl groups is 1. The fourth-order valence-corrected chi connectivity index (χ4v) is 1.96. The zero-order chi connectivity index (χ0) is 11.5. The maximum absolute atomic E-state index is 11.5. The molecule has 2 rings (SSSR count). The van der Waals surface area contributed by atoms with E-state index in [1.54, 1.807) is 6.08 Å². The third-order valence-electron chi connectivity index (χ3n) is 2.58. The van der Waals surface area contributed by atoms with E-state index in [1.165, 1.54) is 0 Å². The Morgan fingerprint density at radius 3 is 2.94 bits per heavy atom. The van der Waals surface area contributed by atoms with Crippen molar-refractivity contribution in [1.29, 1.82) is 0 Å². The highest BCUT2D eigenvalue weighted by Crippen LogP contribution is 2.22. The van der Waals surface area contributed by atoms with Gasteiger partial charge in [-0.15, -0.1) is 0 Å². The Hall–Kier alpha value is -1.18. The van der Waals surface area contributed by atoms with Crippen LogP contribution in [-0.4, -0.2) is 17.0 Å². The van der Waals surface area contributed by atoms with E-state index < -0.39 is 6.10 Å². The van der Waals surface area contributed by atoms with Gasteiger partial charge in [-0.3, -0.25) is 4.79 Å². The lowest BCUT2D eigenvalue weighted by Gasteiger charge is -2.04. The number of hydrogen-bond acceptors (Lipinski definition) is 3. The van der Waals surface area contributed by atoms with Gasteiger partial charge in [-0.1, -0.05) is 12.1 Å². The van der Waals surface area contributed by atoms with Crippen molar-refractivity contribution in [2.75, 3.05) is 0 Å². The van der Waals surface area contributed by atoms with Gasteiger partial charge >= 0.3 is 0 Å². The van der Waals surface area contributed by atoms with Crippen molar-refractivity contribution < 1.29 is 14.4 Å². The van der Waals surface area contributed by atoms with Crippen molar-refractivity contribution in [2.45, 2.75) is 18.9 Å². The van der Waals surface area contributed by atoms with Crippen LogP contribution in [0.2, 0.25) is 0 Å². The standard InChI is InChI=1S/C12H13O3P/c13-10-6-9(12(14)7-10)4-8-2-1-3-11(5-8)15-16/h1-3,5-6,10,13H,4,7,16H2/t10-/m1/s1. The highest BCUT2D eigenvalue weighted by atomic mass is 31.0. The highest BCUT2D eigenvalue weighted by molar-refractivity contribution is 7.10. The maximum Gasteiger partial charge on any atom is 0.161 e. The van der Waals surface area contributed by atoms with Crippen LogP contribution in [0.3, 0.4) is 0 Å². The zero-order valence-corrected chi connectivity index (χ0v) is 9.87. The summed E-state index contributed by atoms with van der Waals surface area (Å²) < 4.78 is 5.03. The number of rotatable bonds is 3. The summed E-state index contributed by atoms with van der Waals surface area (Å²) in [5, 5.41) is 9.32. The molecule has 0 heterocycles. The Morgan fingerprint density at radius 1 is 1.50 bits per heavy atom. The molecular weight excluding hydrogens is 223 g/mol. The lowest BCUT2D eigenvalue weighted by Crippen LogP contribution is -2.02. The fourth-order valence-electron chi connectivity index (χ4n) is 1.81. The van der Waals surface area contributed by atoms with Crippen LogP contribution >= 0.6 is 9.47 Å². The van der Waals surface area contributed by atoms with E-state index >= 15 is 0 Å². The number of carbonyl (C=O) groups is 1. The minimum absolute atomic E-state index is 0.0321. The van der Waals surface area contributed by atoms with Crippen LogP contribution in [-0.2, 0) is 11.2 Å². The predicted octanol–water partition coefficient (Wildman–Crippen LogP) is 1.66. The summed E-state index contributed by atoms with van der Waals surface area (Å²) in [4.78, 5) is 11.5. The van der Waals surface area contributed by atoms with E-state index in [9.17, 15) is 9.90 Å². The van der Waals surface area contributed by atoms with Gasteiger partial charge in [-0.05, 0) is 29.3 Å². The van der Waals surface area contributed by atoms with Gasteiger partial charge in [0.15, 0.2) is 5.78 Å². The normalized spacial score (nSPS) is 19.8. The van der Waals surface area contributed by atoms with Gasteiger partial charge < -0.3 is 9.63 Å². The van der Waals surface area contributed by atoms with E-state index in [-0.39, 0.29) is 12.2 Å². The van der Waals surface area contributed by atoms with E-state index in [1.807, 2.05) is 24.3 Å². The Labute approximate surface area is 96.4 Å². The molecule has 1 aliphatic rings. The zero-order valence-electron chi connectivity index (χ0n) is 8.72. The van der Waals surface area contributed by atoms with Crippen molar-refractivity contribution >= 4 is 15.2 Å². The molecule has 0 saturated heterocycles. The fraction of sp³-hybridized carbons (Fsp3) is 0.250. The molecule has 0 amide bonds. The second-order valence-electron chi connectivity index (χ2n) is 3.83. The van der Waals surface area contributed by atoms with Crippen LogP contribution in [0.1, 0.15) is 12.0 Å². The van der Waals surface area contributed by atoms with Crippen LogP contribution in [0.4, 0.5) is 0 Å². The minimum Gasteiger partial charge on any atom is -0.480 e. The molecule has 0 spiro atoms. The van der Waals surface area contributed by atoms with E-state index in [4.69, 9.17) is 4.52 Å². The summed E-state index contributed by atoms with van der Waals surface area (Å²) in [7, 11) is 2.19. The van der Waals surface area contributed by atoms with Gasteiger partial charge in [0.1, 0.15) is 5.75 Å². The van der Waals surface area contributed by atoms with Crippen molar-refractivity contribution in [3.8, 4) is 5.75 Å². The van der Waals surface area contributed by atoms with Gasteiger partial charge in [-0.25, -0.2) is 0 Å². The summed E-state index contributed by atoms with van der Waals surface area (Å²) >= 11 is 0. The molecule has 1 N–H and O–H groups in total. The Bertz CT molecular complexity index is 440. The topological polar surface area (TPSA) is 46.5 Å². The molecule has 1 aliphatic carbocycles. The number of hydrogen-bond donors (Lipinski definition) is 1. The van der Waals surface area contributed by atoms with Crippen LogP contribution in [0.5, 0.6) is 5.75 Å². The summed E-state index contributed by atoms with van der Waals surface area (Å²) in [5.41, 5.74) is 1.70. The molecule has 0 bridgehead atoms. The SMILES string of the molecule is O=C1C[C@H](O)C=C1Cc1cccc(OP)c1. The average Bonchev–Trinajstić information content (AvgIpc) is 2.58. The summed E-state index contributed by atoms with van der Waals surface area (Å²) in [6.45, 7) is 0. The number of Topliss-reactive ketones (excluding diaryl/α,β-unsaturated/α-hetero) is 1. The van der Waals surface area contributed by atoms with Gasteiger partial charge in [0.25, 0.3) is 0 Å². The van der Waals surface area contributed by atoms with E-state index in [0.717, 1.165) is 11.3 Å². The van der Waals surface area contributed by atoms with Crippen LogP contribution in [0.25, 0.3) is 0 Å². The number of carbonyl (C=O) groups excluding carboxylic acids is 1. The monoisotopic (exact) mass is 236 g/mol. The first-order valence-electron chi connectivity index (χ1n) is 5.06. The Balaban J connectivity index is 2.15. The first-order valence-corrected chi connectivity index (χ1v) is 5.54. The van der Waals surface area contributed by atoms with E-state index in [2.05, 4.69) is 9.47 Å². The summed E-state index contributed by atoms with van der Waals surface area (Å²) in [5.74, 6) is 0.777. The van der Waals surface area contributed by atoms with E-state index in [0.29, 0.717) is 12.0 Å². The molecule has 3 nitrogen and oxygen atoms in total. The molecule has 1 aromatic carbocycles. The highest BCUT2D eigenvalue weighted by Gasteiger charge is 2.21. The molecule has 0 saturated carbocycles. The molecule has 0 fully saturated rings. The number of ketones is 1. The number of benzene rings is 1. The average molecular weight is 236 g/mol. The Kier molecular flexibility index (Phi) is 3.37. The first-order chi connectivity index (χ1) is 7.69. The molecule has 1 aromatic rings. The molecule has 16 heavy (non-hydrogen) atoms. The molecule has 0 aliphatic heterocycles. The molecule has 0 aromatic heterocycles. The molecule has 4 heteroatoms. The van der Waals surface area contributed by atoms with Crippen LogP contribution in [0.15, 0.2) is 35.9 Å². The largest absolute Gasteiger partial charge is 0.480 e. The van der Waals surface area contributed by atoms with Crippen LogP contribution in [0, 0.1) is 0 Å². The quantitative estimate of drug-likeness (QED) is 0.812. The molecule has 84 valence electrons. The summed E-state index contributed by atoms with van der Waals surface area (Å²) in [6, 6.07) is 7.54. The third kappa shape index (κ3) is 2.49. The smallest absolute Gasteiger partial charge is 0.161 e. The van der Waals surface area contributed by atoms with Crippen molar-refractivity contribution in [2.24, 2.45) is 0 Å². The van der Waals surface area contributed by atoms with Crippen molar-refractivity contribution in [1.82, 2.24) is 0 Å². The second kappa shape index (κ2) is 4.77. The number of allylic oxidation sites excluding steroid dienone is 1. The summed E-state index contributed by atoms with van der Waals surface area (Å²) in [6.07, 6.45) is 1.80. The van der Waals surface area contributed by atoms with Gasteiger partial charge in [-0.2, -0.15) is 0 Å². The first kappa shape index (κ1) is 11.3. The molecule has 0 radical (unpaired) electrons. The molecule has 1 unspecified atom stereocenters. The lowest BCUT2D eigenvalue weighted by molar-refractivity contribution is -0.115. The lowest BCUT2D eigenvalue weighted by atomic mass is 10.0.